The second kappa shape index (κ2) is 6.67. The quantitative estimate of drug-likeness (QED) is 0.780. The minimum absolute atomic E-state index is 0.225. The molecule has 0 aliphatic heterocycles. The van der Waals surface area contributed by atoms with Crippen LogP contribution in [-0.4, -0.2) is 25.9 Å². The van der Waals surface area contributed by atoms with Gasteiger partial charge in [-0.1, -0.05) is 41.1 Å². The lowest BCUT2D eigenvalue weighted by Gasteiger charge is -2.07. The summed E-state index contributed by atoms with van der Waals surface area (Å²) < 4.78 is 1.08. The summed E-state index contributed by atoms with van der Waals surface area (Å²) in [5.74, 6) is -0.410. The number of carbonyl (C=O) groups excluding carboxylic acids is 1. The van der Waals surface area contributed by atoms with E-state index in [0.29, 0.717) is 21.4 Å². The van der Waals surface area contributed by atoms with Gasteiger partial charge in [0.25, 0.3) is 5.56 Å². The van der Waals surface area contributed by atoms with E-state index in [0.717, 1.165) is 4.68 Å². The van der Waals surface area contributed by atoms with Crippen molar-refractivity contribution in [3.63, 3.8) is 0 Å². The Bertz CT molecular complexity index is 894. The second-order valence-corrected chi connectivity index (χ2v) is 5.73. The van der Waals surface area contributed by atoms with E-state index in [1.165, 1.54) is 22.9 Å². The Morgan fingerprint density at radius 2 is 2.09 bits per heavy atom. The maximum atomic E-state index is 11.9. The predicted octanol–water partition coefficient (Wildman–Crippen LogP) is 2.05. The molecule has 0 radical (unpaired) electrons. The van der Waals surface area contributed by atoms with Crippen LogP contribution in [0.4, 0.5) is 5.13 Å². The van der Waals surface area contributed by atoms with Crippen LogP contribution >= 0.6 is 22.9 Å². The number of carbonyl (C=O) groups is 1. The fourth-order valence-corrected chi connectivity index (χ4v) is 2.59. The first-order valence-electron chi connectivity index (χ1n) is 6.52. The molecule has 7 nitrogen and oxygen atoms in total. The molecule has 0 aliphatic carbocycles. The smallest absolute Gasteiger partial charge is 0.267 e. The van der Waals surface area contributed by atoms with E-state index >= 15 is 0 Å². The van der Waals surface area contributed by atoms with E-state index < -0.39 is 5.91 Å². The van der Waals surface area contributed by atoms with Crippen LogP contribution in [0, 0.1) is 0 Å². The van der Waals surface area contributed by atoms with Crippen molar-refractivity contribution in [1.29, 1.82) is 0 Å². The van der Waals surface area contributed by atoms with Crippen LogP contribution in [0.3, 0.4) is 0 Å². The molecule has 116 valence electrons. The summed E-state index contributed by atoms with van der Waals surface area (Å²) in [6.45, 7) is -0.225. The number of anilines is 1. The van der Waals surface area contributed by atoms with Gasteiger partial charge in [-0.15, -0.1) is 10.2 Å². The number of hydrogen-bond donors (Lipinski definition) is 1. The Hall–Kier alpha value is -2.58. The van der Waals surface area contributed by atoms with Crippen LogP contribution in [0.15, 0.2) is 46.7 Å². The molecule has 3 aromatic rings. The van der Waals surface area contributed by atoms with Gasteiger partial charge in [-0.2, -0.15) is 5.10 Å². The Morgan fingerprint density at radius 1 is 1.26 bits per heavy atom. The van der Waals surface area contributed by atoms with Crippen LogP contribution in [0.2, 0.25) is 5.02 Å². The van der Waals surface area contributed by atoms with Crippen molar-refractivity contribution in [2.75, 3.05) is 5.32 Å². The number of nitrogens with one attached hydrogen (secondary N) is 1. The monoisotopic (exact) mass is 347 g/mol. The van der Waals surface area contributed by atoms with Gasteiger partial charge in [0.15, 0.2) is 0 Å². The third kappa shape index (κ3) is 3.61. The fourth-order valence-electron chi connectivity index (χ4n) is 1.90. The Balaban J connectivity index is 1.85. The standard InChI is InChI=1S/C14H10ClN5O2S/c15-10-4-2-1-3-9(10)11-5-6-13(22)20(19-11)7-12(21)17-14-18-16-8-23-14/h1-6,8H,7H2,(H,17,18,21). The molecule has 3 rings (SSSR count). The van der Waals surface area contributed by atoms with Crippen LogP contribution in [0.1, 0.15) is 0 Å². The van der Waals surface area contributed by atoms with Gasteiger partial charge in [0, 0.05) is 11.6 Å². The van der Waals surface area contributed by atoms with Crippen LogP contribution in [0.25, 0.3) is 11.3 Å². The molecule has 0 unspecified atom stereocenters. The highest BCUT2D eigenvalue weighted by molar-refractivity contribution is 7.13. The van der Waals surface area contributed by atoms with Crippen molar-refractivity contribution >= 4 is 34.0 Å². The number of aromatic nitrogens is 4. The molecular weight excluding hydrogens is 338 g/mol. The topological polar surface area (TPSA) is 89.8 Å². The SMILES string of the molecule is O=C(Cn1nc(-c2ccccc2Cl)ccc1=O)Nc1nncs1. The first-order chi connectivity index (χ1) is 11.1. The summed E-state index contributed by atoms with van der Waals surface area (Å²) in [5, 5.41) is 15.0. The number of amides is 1. The highest BCUT2D eigenvalue weighted by atomic mass is 35.5. The molecule has 0 aliphatic rings. The minimum Gasteiger partial charge on any atom is -0.299 e. The van der Waals surface area contributed by atoms with Crippen LogP contribution < -0.4 is 10.9 Å². The third-order valence-corrected chi connectivity index (χ3v) is 3.85. The highest BCUT2D eigenvalue weighted by Crippen LogP contribution is 2.24. The van der Waals surface area contributed by atoms with Gasteiger partial charge in [-0.05, 0) is 12.1 Å². The van der Waals surface area contributed by atoms with Gasteiger partial charge in [-0.3, -0.25) is 14.9 Å². The lowest BCUT2D eigenvalue weighted by Crippen LogP contribution is -2.29. The maximum Gasteiger partial charge on any atom is 0.267 e. The van der Waals surface area contributed by atoms with E-state index in [-0.39, 0.29) is 12.1 Å². The molecule has 0 saturated heterocycles. The zero-order chi connectivity index (χ0) is 16.2. The molecule has 0 bridgehead atoms. The molecule has 0 saturated carbocycles. The largest absolute Gasteiger partial charge is 0.299 e. The van der Waals surface area contributed by atoms with Crippen LogP contribution in [-0.2, 0) is 11.3 Å². The summed E-state index contributed by atoms with van der Waals surface area (Å²) in [6, 6.07) is 10.1. The van der Waals surface area contributed by atoms with Gasteiger partial charge in [-0.25, -0.2) is 4.68 Å². The molecule has 23 heavy (non-hydrogen) atoms. The number of rotatable bonds is 4. The third-order valence-electron chi connectivity index (χ3n) is 2.92. The van der Waals surface area contributed by atoms with Gasteiger partial charge in [0.05, 0.1) is 10.7 Å². The average Bonchev–Trinajstić information content (AvgIpc) is 3.03. The van der Waals surface area contributed by atoms with E-state index in [4.69, 9.17) is 11.6 Å². The summed E-state index contributed by atoms with van der Waals surface area (Å²) >= 11 is 7.32. The zero-order valence-electron chi connectivity index (χ0n) is 11.6. The molecule has 2 heterocycles. The van der Waals surface area contributed by atoms with Crippen molar-refractivity contribution in [2.45, 2.75) is 6.54 Å². The summed E-state index contributed by atoms with van der Waals surface area (Å²) in [5.41, 5.74) is 2.32. The Morgan fingerprint density at radius 3 is 2.83 bits per heavy atom. The van der Waals surface area contributed by atoms with Crippen LogP contribution in [0.5, 0.6) is 0 Å². The zero-order valence-corrected chi connectivity index (χ0v) is 13.2. The highest BCUT2D eigenvalue weighted by Gasteiger charge is 2.11. The van der Waals surface area contributed by atoms with E-state index in [2.05, 4.69) is 20.6 Å². The normalized spacial score (nSPS) is 10.5. The summed E-state index contributed by atoms with van der Waals surface area (Å²) in [4.78, 5) is 23.8. The Labute approximate surface area is 139 Å². The van der Waals surface area contributed by atoms with Gasteiger partial charge < -0.3 is 0 Å². The number of benzene rings is 1. The lowest BCUT2D eigenvalue weighted by atomic mass is 10.1. The Kier molecular flexibility index (Phi) is 4.45. The lowest BCUT2D eigenvalue weighted by molar-refractivity contribution is -0.117. The molecule has 0 spiro atoms. The van der Waals surface area contributed by atoms with E-state index in [1.807, 2.05) is 6.07 Å². The average molecular weight is 348 g/mol. The van der Waals surface area contributed by atoms with Gasteiger partial charge in [0.1, 0.15) is 12.1 Å². The number of halogens is 1. The number of nitrogens with zero attached hydrogens (tertiary/aromatic N) is 4. The van der Waals surface area contributed by atoms with Gasteiger partial charge >= 0.3 is 0 Å². The van der Waals surface area contributed by atoms with Crippen molar-refractivity contribution in [3.05, 3.63) is 57.3 Å². The molecule has 2 aromatic heterocycles. The number of hydrogen-bond acceptors (Lipinski definition) is 6. The molecule has 0 fully saturated rings. The summed E-state index contributed by atoms with van der Waals surface area (Å²) in [6.07, 6.45) is 0. The van der Waals surface area contributed by atoms with E-state index in [9.17, 15) is 9.59 Å². The summed E-state index contributed by atoms with van der Waals surface area (Å²) in [7, 11) is 0. The van der Waals surface area contributed by atoms with Gasteiger partial charge in [0.2, 0.25) is 11.0 Å². The molecular formula is C14H10ClN5O2S. The molecule has 1 N–H and O–H groups in total. The maximum absolute atomic E-state index is 11.9. The fraction of sp³-hybridized carbons (Fsp3) is 0.0714. The van der Waals surface area contributed by atoms with Crippen molar-refractivity contribution < 1.29 is 4.79 Å². The predicted molar refractivity (Wildman–Crippen MR) is 87.5 cm³/mol. The first kappa shape index (κ1) is 15.3. The molecule has 9 heteroatoms. The second-order valence-electron chi connectivity index (χ2n) is 4.49. The van der Waals surface area contributed by atoms with Crippen molar-refractivity contribution in [2.24, 2.45) is 0 Å². The first-order valence-corrected chi connectivity index (χ1v) is 7.78. The molecule has 0 atom stereocenters. The van der Waals surface area contributed by atoms with E-state index in [1.54, 1.807) is 24.3 Å². The van der Waals surface area contributed by atoms with Crippen molar-refractivity contribution in [3.8, 4) is 11.3 Å². The minimum atomic E-state index is -0.410. The molecule has 1 aromatic carbocycles. The van der Waals surface area contributed by atoms with Crippen molar-refractivity contribution in [1.82, 2.24) is 20.0 Å². The molecule has 1 amide bonds.